The molecule has 1 aliphatic heterocycles. The van der Waals surface area contributed by atoms with E-state index in [4.69, 9.17) is 0 Å². The highest BCUT2D eigenvalue weighted by Crippen LogP contribution is 2.19. The Morgan fingerprint density at radius 3 is 2.28 bits per heavy atom. The van der Waals surface area contributed by atoms with Gasteiger partial charge in [-0.15, -0.1) is 0 Å². The molecule has 5 heteroatoms. The molecule has 2 aromatic rings. The van der Waals surface area contributed by atoms with E-state index < -0.39 is 0 Å². The lowest BCUT2D eigenvalue weighted by Gasteiger charge is -2.34. The SMILES string of the molecule is CC(C)N(Cc1ccccc1)C(=O)CCNc1ccc(N2CCN(C)CC2)cc1. The van der Waals surface area contributed by atoms with E-state index in [-0.39, 0.29) is 11.9 Å². The van der Waals surface area contributed by atoms with Crippen molar-refractivity contribution in [3.05, 3.63) is 60.2 Å². The van der Waals surface area contributed by atoms with Crippen molar-refractivity contribution in [2.24, 2.45) is 0 Å². The summed E-state index contributed by atoms with van der Waals surface area (Å²) in [5.74, 6) is 0.186. The summed E-state index contributed by atoms with van der Waals surface area (Å²) in [6.07, 6.45) is 0.491. The lowest BCUT2D eigenvalue weighted by atomic mass is 10.1. The van der Waals surface area contributed by atoms with E-state index >= 15 is 0 Å². The molecule has 0 aromatic heterocycles. The van der Waals surface area contributed by atoms with E-state index in [1.807, 2.05) is 23.1 Å². The van der Waals surface area contributed by atoms with Crippen molar-refractivity contribution in [3.8, 4) is 0 Å². The minimum atomic E-state index is 0.186. The molecule has 29 heavy (non-hydrogen) atoms. The fourth-order valence-corrected chi connectivity index (χ4v) is 3.65. The van der Waals surface area contributed by atoms with Gasteiger partial charge in [-0.1, -0.05) is 30.3 Å². The number of hydrogen-bond donors (Lipinski definition) is 1. The van der Waals surface area contributed by atoms with Gasteiger partial charge in [0.2, 0.25) is 5.91 Å². The minimum Gasteiger partial charge on any atom is -0.385 e. The summed E-state index contributed by atoms with van der Waals surface area (Å²) in [6, 6.07) is 18.9. The molecule has 0 bridgehead atoms. The molecule has 1 heterocycles. The molecular weight excluding hydrogens is 360 g/mol. The smallest absolute Gasteiger partial charge is 0.224 e. The van der Waals surface area contributed by atoms with Crippen LogP contribution in [0.25, 0.3) is 0 Å². The number of nitrogens with zero attached hydrogens (tertiary/aromatic N) is 3. The fourth-order valence-electron chi connectivity index (χ4n) is 3.65. The Bertz CT molecular complexity index is 752. The summed E-state index contributed by atoms with van der Waals surface area (Å²) in [4.78, 5) is 19.5. The third-order valence-corrected chi connectivity index (χ3v) is 5.54. The number of carbonyl (C=O) groups is 1. The molecule has 1 N–H and O–H groups in total. The van der Waals surface area contributed by atoms with Crippen molar-refractivity contribution >= 4 is 17.3 Å². The van der Waals surface area contributed by atoms with Gasteiger partial charge in [-0.2, -0.15) is 0 Å². The molecule has 1 aliphatic rings. The van der Waals surface area contributed by atoms with Crippen LogP contribution < -0.4 is 10.2 Å². The predicted molar refractivity (Wildman–Crippen MR) is 121 cm³/mol. The molecule has 0 radical (unpaired) electrons. The second-order valence-corrected chi connectivity index (χ2v) is 8.11. The van der Waals surface area contributed by atoms with Crippen molar-refractivity contribution in [3.63, 3.8) is 0 Å². The summed E-state index contributed by atoms with van der Waals surface area (Å²) in [6.45, 7) is 9.82. The Kier molecular flexibility index (Phi) is 7.53. The second kappa shape index (κ2) is 10.3. The molecule has 1 fully saturated rings. The van der Waals surface area contributed by atoms with Gasteiger partial charge in [-0.3, -0.25) is 4.79 Å². The highest BCUT2D eigenvalue weighted by molar-refractivity contribution is 5.77. The maximum atomic E-state index is 12.7. The molecule has 1 amide bonds. The standard InChI is InChI=1S/C24H34N4O/c1-20(2)28(19-21-7-5-4-6-8-21)24(29)13-14-25-22-9-11-23(12-10-22)27-17-15-26(3)16-18-27/h4-12,20,25H,13-19H2,1-3H3. The summed E-state index contributed by atoms with van der Waals surface area (Å²) >= 11 is 0. The van der Waals surface area contributed by atoms with Gasteiger partial charge in [0.15, 0.2) is 0 Å². The zero-order valence-electron chi connectivity index (χ0n) is 18.0. The average Bonchev–Trinajstić information content (AvgIpc) is 2.73. The van der Waals surface area contributed by atoms with Crippen LogP contribution in [0.4, 0.5) is 11.4 Å². The number of hydrogen-bond acceptors (Lipinski definition) is 4. The van der Waals surface area contributed by atoms with E-state index in [2.05, 4.69) is 72.4 Å². The zero-order chi connectivity index (χ0) is 20.6. The molecule has 0 atom stereocenters. The molecule has 0 aliphatic carbocycles. The highest BCUT2D eigenvalue weighted by Gasteiger charge is 2.17. The fraction of sp³-hybridized carbons (Fsp3) is 0.458. The van der Waals surface area contributed by atoms with Gasteiger partial charge in [-0.05, 0) is 50.7 Å². The van der Waals surface area contributed by atoms with Crippen molar-refractivity contribution in [2.45, 2.75) is 32.9 Å². The maximum absolute atomic E-state index is 12.7. The van der Waals surface area contributed by atoms with Gasteiger partial charge in [0.25, 0.3) is 0 Å². The van der Waals surface area contributed by atoms with Crippen LogP contribution in [0.2, 0.25) is 0 Å². The lowest BCUT2D eigenvalue weighted by Crippen LogP contribution is -2.44. The number of carbonyl (C=O) groups excluding carboxylic acids is 1. The quantitative estimate of drug-likeness (QED) is 0.741. The minimum absolute atomic E-state index is 0.186. The van der Waals surface area contributed by atoms with Crippen LogP contribution in [-0.2, 0) is 11.3 Å². The molecule has 0 saturated carbocycles. The third-order valence-electron chi connectivity index (χ3n) is 5.54. The van der Waals surface area contributed by atoms with Gasteiger partial charge >= 0.3 is 0 Å². The average molecular weight is 395 g/mol. The predicted octanol–water partition coefficient (Wildman–Crippen LogP) is 3.68. The molecule has 156 valence electrons. The Morgan fingerprint density at radius 2 is 1.66 bits per heavy atom. The maximum Gasteiger partial charge on any atom is 0.224 e. The van der Waals surface area contributed by atoms with Crippen molar-refractivity contribution in [1.29, 1.82) is 0 Å². The van der Waals surface area contributed by atoms with Crippen LogP contribution >= 0.6 is 0 Å². The van der Waals surface area contributed by atoms with E-state index in [1.165, 1.54) is 11.3 Å². The van der Waals surface area contributed by atoms with Crippen molar-refractivity contribution < 1.29 is 4.79 Å². The highest BCUT2D eigenvalue weighted by atomic mass is 16.2. The Hall–Kier alpha value is -2.53. The monoisotopic (exact) mass is 394 g/mol. The summed E-state index contributed by atoms with van der Waals surface area (Å²) in [7, 11) is 2.17. The first-order valence-corrected chi connectivity index (χ1v) is 10.6. The van der Waals surface area contributed by atoms with Crippen LogP contribution in [0, 0.1) is 0 Å². The van der Waals surface area contributed by atoms with Crippen LogP contribution in [0.1, 0.15) is 25.8 Å². The largest absolute Gasteiger partial charge is 0.385 e. The van der Waals surface area contributed by atoms with Crippen LogP contribution in [0.3, 0.4) is 0 Å². The van der Waals surface area contributed by atoms with Crippen LogP contribution in [0.15, 0.2) is 54.6 Å². The Labute approximate surface area is 175 Å². The first-order valence-electron chi connectivity index (χ1n) is 10.6. The Morgan fingerprint density at radius 1 is 1.00 bits per heavy atom. The number of benzene rings is 2. The van der Waals surface area contributed by atoms with Crippen LogP contribution in [0.5, 0.6) is 0 Å². The number of anilines is 2. The molecule has 1 saturated heterocycles. The molecule has 5 nitrogen and oxygen atoms in total. The van der Waals surface area contributed by atoms with Gasteiger partial charge in [0.05, 0.1) is 0 Å². The Balaban J connectivity index is 1.47. The van der Waals surface area contributed by atoms with Gasteiger partial charge in [0.1, 0.15) is 0 Å². The topological polar surface area (TPSA) is 38.8 Å². The number of amides is 1. The number of rotatable bonds is 8. The number of piperazine rings is 1. The first kappa shape index (κ1) is 21.2. The van der Waals surface area contributed by atoms with E-state index in [1.54, 1.807) is 0 Å². The van der Waals surface area contributed by atoms with E-state index in [9.17, 15) is 4.79 Å². The number of likely N-dealkylation sites (N-methyl/N-ethyl adjacent to an activating group) is 1. The van der Waals surface area contributed by atoms with E-state index in [0.717, 1.165) is 31.9 Å². The van der Waals surface area contributed by atoms with Gasteiger partial charge in [-0.25, -0.2) is 0 Å². The molecule has 3 rings (SSSR count). The molecule has 2 aromatic carbocycles. The zero-order valence-corrected chi connectivity index (χ0v) is 18.0. The molecule has 0 spiro atoms. The molecular formula is C24H34N4O. The summed E-state index contributed by atoms with van der Waals surface area (Å²) in [5.41, 5.74) is 3.51. The second-order valence-electron chi connectivity index (χ2n) is 8.11. The lowest BCUT2D eigenvalue weighted by molar-refractivity contribution is -0.133. The number of nitrogens with one attached hydrogen (secondary N) is 1. The van der Waals surface area contributed by atoms with Gasteiger partial charge < -0.3 is 20.0 Å². The third kappa shape index (κ3) is 6.23. The van der Waals surface area contributed by atoms with Crippen molar-refractivity contribution in [2.75, 3.05) is 50.0 Å². The molecule has 0 unspecified atom stereocenters. The van der Waals surface area contributed by atoms with Crippen LogP contribution in [-0.4, -0.2) is 61.5 Å². The summed E-state index contributed by atoms with van der Waals surface area (Å²) in [5, 5.41) is 3.40. The summed E-state index contributed by atoms with van der Waals surface area (Å²) < 4.78 is 0. The van der Waals surface area contributed by atoms with Crippen molar-refractivity contribution in [1.82, 2.24) is 9.80 Å². The van der Waals surface area contributed by atoms with E-state index in [0.29, 0.717) is 19.5 Å². The normalized spacial score (nSPS) is 14.8. The van der Waals surface area contributed by atoms with Gasteiger partial charge in [0, 0.05) is 63.1 Å². The first-order chi connectivity index (χ1) is 14.0.